The van der Waals surface area contributed by atoms with Gasteiger partial charge in [0.25, 0.3) is 5.91 Å². The zero-order chi connectivity index (χ0) is 18.7. The molecule has 5 nitrogen and oxygen atoms in total. The number of carbonyl (C=O) groups excluding carboxylic acids is 2. The molecule has 1 aliphatic heterocycles. The van der Waals surface area contributed by atoms with Gasteiger partial charge in [0, 0.05) is 12.6 Å². The van der Waals surface area contributed by atoms with Crippen LogP contribution in [0.2, 0.25) is 0 Å². The van der Waals surface area contributed by atoms with Crippen LogP contribution in [-0.2, 0) is 4.79 Å². The molecular weight excluding hydrogens is 364 g/mol. The number of carbonyl (C=O) groups is 2. The third kappa shape index (κ3) is 4.71. The number of amides is 2. The number of hydrogen-bond donors (Lipinski definition) is 2. The molecule has 3 N–H and O–H groups in total. The number of hydrogen-bond acceptors (Lipinski definition) is 3. The Balaban J connectivity index is 0.00000338. The lowest BCUT2D eigenvalue weighted by Crippen LogP contribution is -2.52. The minimum atomic E-state index is -0.954. The number of rotatable bonds is 5. The number of nitrogens with two attached hydrogens (primary N) is 1. The first-order valence-corrected chi connectivity index (χ1v) is 8.51. The van der Waals surface area contributed by atoms with Crippen molar-refractivity contribution in [2.45, 2.75) is 39.3 Å². The molecular formula is C18H26ClF2N3O2. The Hall–Kier alpha value is -1.73. The molecule has 0 aliphatic carbocycles. The van der Waals surface area contributed by atoms with E-state index in [1.165, 1.54) is 6.07 Å². The standard InChI is InChI=1S/C18H25F2N3O2.ClH/c1-10(2)16(18(25)23-9-12(8-21)7-11(23)3)22-17(24)15-13(19)5-4-6-14(15)20;/h4-6,10-12,16H,7-9,21H2,1-3H3,(H,22,24);1H/t11?,12?,16-;/m0./s1. The van der Waals surface area contributed by atoms with E-state index in [0.29, 0.717) is 13.1 Å². The number of nitrogens with one attached hydrogen (secondary N) is 1. The molecule has 2 amide bonds. The first-order valence-electron chi connectivity index (χ1n) is 8.51. The molecule has 1 fully saturated rings. The fourth-order valence-corrected chi connectivity index (χ4v) is 3.24. The minimum absolute atomic E-state index is 0. The largest absolute Gasteiger partial charge is 0.340 e. The van der Waals surface area contributed by atoms with Crippen molar-refractivity contribution in [2.24, 2.45) is 17.6 Å². The third-order valence-corrected chi connectivity index (χ3v) is 4.69. The van der Waals surface area contributed by atoms with Crippen molar-refractivity contribution in [3.8, 4) is 0 Å². The SMILES string of the molecule is CC(C)[C@H](NC(=O)c1c(F)cccc1F)C(=O)N1CC(CN)CC1C.Cl. The smallest absolute Gasteiger partial charge is 0.257 e. The Morgan fingerprint density at radius 1 is 1.31 bits per heavy atom. The van der Waals surface area contributed by atoms with Crippen molar-refractivity contribution < 1.29 is 18.4 Å². The molecule has 3 atom stereocenters. The summed E-state index contributed by atoms with van der Waals surface area (Å²) < 4.78 is 27.6. The average molecular weight is 390 g/mol. The Labute approximate surface area is 158 Å². The fourth-order valence-electron chi connectivity index (χ4n) is 3.24. The van der Waals surface area contributed by atoms with E-state index in [1.807, 2.05) is 6.92 Å². The van der Waals surface area contributed by atoms with E-state index in [4.69, 9.17) is 5.73 Å². The second-order valence-corrected chi connectivity index (χ2v) is 6.97. The molecule has 26 heavy (non-hydrogen) atoms. The Bertz CT molecular complexity index is 637. The van der Waals surface area contributed by atoms with Crippen molar-refractivity contribution in [3.05, 3.63) is 35.4 Å². The number of likely N-dealkylation sites (tertiary alicyclic amines) is 1. The maximum absolute atomic E-state index is 13.8. The number of halogens is 3. The summed E-state index contributed by atoms with van der Waals surface area (Å²) in [6, 6.07) is 2.37. The van der Waals surface area contributed by atoms with Crippen molar-refractivity contribution in [3.63, 3.8) is 0 Å². The zero-order valence-corrected chi connectivity index (χ0v) is 16.0. The summed E-state index contributed by atoms with van der Waals surface area (Å²) in [6.07, 6.45) is 0.808. The van der Waals surface area contributed by atoms with E-state index >= 15 is 0 Å². The Kier molecular flexibility index (Phi) is 7.96. The molecule has 0 radical (unpaired) electrons. The van der Waals surface area contributed by atoms with Gasteiger partial charge >= 0.3 is 0 Å². The zero-order valence-electron chi connectivity index (χ0n) is 15.2. The Morgan fingerprint density at radius 2 is 1.88 bits per heavy atom. The van der Waals surface area contributed by atoms with Crippen molar-refractivity contribution in [1.82, 2.24) is 10.2 Å². The monoisotopic (exact) mass is 389 g/mol. The predicted octanol–water partition coefficient (Wildman–Crippen LogP) is 2.34. The maximum Gasteiger partial charge on any atom is 0.257 e. The lowest BCUT2D eigenvalue weighted by molar-refractivity contribution is -0.135. The molecule has 2 rings (SSSR count). The van der Waals surface area contributed by atoms with Gasteiger partial charge in [-0.3, -0.25) is 9.59 Å². The maximum atomic E-state index is 13.8. The highest BCUT2D eigenvalue weighted by molar-refractivity contribution is 5.98. The summed E-state index contributed by atoms with van der Waals surface area (Å²) in [5.41, 5.74) is 5.02. The van der Waals surface area contributed by atoms with Crippen LogP contribution in [-0.4, -0.2) is 41.9 Å². The van der Waals surface area contributed by atoms with Gasteiger partial charge in [-0.15, -0.1) is 12.4 Å². The van der Waals surface area contributed by atoms with Crippen LogP contribution >= 0.6 is 12.4 Å². The second-order valence-electron chi connectivity index (χ2n) is 6.97. The molecule has 0 saturated carbocycles. The van der Waals surface area contributed by atoms with E-state index in [2.05, 4.69) is 5.32 Å². The molecule has 1 aromatic carbocycles. The van der Waals surface area contributed by atoms with Crippen LogP contribution in [0.5, 0.6) is 0 Å². The third-order valence-electron chi connectivity index (χ3n) is 4.69. The summed E-state index contributed by atoms with van der Waals surface area (Å²) >= 11 is 0. The lowest BCUT2D eigenvalue weighted by Gasteiger charge is -2.29. The number of nitrogens with zero attached hydrogens (tertiary/aromatic N) is 1. The van der Waals surface area contributed by atoms with E-state index < -0.39 is 29.1 Å². The predicted molar refractivity (Wildman–Crippen MR) is 98.0 cm³/mol. The lowest BCUT2D eigenvalue weighted by atomic mass is 10.0. The van der Waals surface area contributed by atoms with Crippen LogP contribution in [0.1, 0.15) is 37.6 Å². The first kappa shape index (κ1) is 22.3. The average Bonchev–Trinajstić information content (AvgIpc) is 2.92. The topological polar surface area (TPSA) is 75.4 Å². The van der Waals surface area contributed by atoms with Gasteiger partial charge in [0.2, 0.25) is 5.91 Å². The van der Waals surface area contributed by atoms with Crippen LogP contribution in [0.4, 0.5) is 8.78 Å². The number of benzene rings is 1. The summed E-state index contributed by atoms with van der Waals surface area (Å²) in [5.74, 6) is -3.08. The first-order chi connectivity index (χ1) is 11.8. The van der Waals surface area contributed by atoms with E-state index in [9.17, 15) is 18.4 Å². The summed E-state index contributed by atoms with van der Waals surface area (Å²) in [7, 11) is 0. The van der Waals surface area contributed by atoms with Gasteiger partial charge in [0.15, 0.2) is 0 Å². The molecule has 0 aromatic heterocycles. The van der Waals surface area contributed by atoms with Gasteiger partial charge in [-0.25, -0.2) is 8.78 Å². The summed E-state index contributed by atoms with van der Waals surface area (Å²) in [4.78, 5) is 26.9. The van der Waals surface area contributed by atoms with Crippen LogP contribution in [0.15, 0.2) is 18.2 Å². The Morgan fingerprint density at radius 3 is 2.35 bits per heavy atom. The fraction of sp³-hybridized carbons (Fsp3) is 0.556. The molecule has 2 unspecified atom stereocenters. The van der Waals surface area contributed by atoms with E-state index in [1.54, 1.807) is 18.7 Å². The molecule has 1 heterocycles. The molecule has 146 valence electrons. The molecule has 1 aromatic rings. The van der Waals surface area contributed by atoms with Gasteiger partial charge in [-0.1, -0.05) is 19.9 Å². The van der Waals surface area contributed by atoms with E-state index in [0.717, 1.165) is 18.6 Å². The molecule has 0 spiro atoms. The highest BCUT2D eigenvalue weighted by Crippen LogP contribution is 2.24. The minimum Gasteiger partial charge on any atom is -0.340 e. The van der Waals surface area contributed by atoms with Crippen LogP contribution in [0, 0.1) is 23.5 Å². The molecule has 8 heteroatoms. The molecule has 1 saturated heterocycles. The summed E-state index contributed by atoms with van der Waals surface area (Å²) in [5, 5.41) is 2.50. The van der Waals surface area contributed by atoms with Gasteiger partial charge in [0.1, 0.15) is 23.2 Å². The quantitative estimate of drug-likeness (QED) is 0.811. The van der Waals surface area contributed by atoms with Gasteiger partial charge in [-0.05, 0) is 43.9 Å². The molecule has 0 bridgehead atoms. The van der Waals surface area contributed by atoms with Crippen molar-refractivity contribution in [1.29, 1.82) is 0 Å². The summed E-state index contributed by atoms with van der Waals surface area (Å²) in [6.45, 7) is 6.52. The molecule has 1 aliphatic rings. The second kappa shape index (κ2) is 9.28. The highest BCUT2D eigenvalue weighted by atomic mass is 35.5. The highest BCUT2D eigenvalue weighted by Gasteiger charge is 2.37. The van der Waals surface area contributed by atoms with Crippen molar-refractivity contribution >= 4 is 24.2 Å². The van der Waals surface area contributed by atoms with Gasteiger partial charge in [-0.2, -0.15) is 0 Å². The van der Waals surface area contributed by atoms with Crippen LogP contribution in [0.25, 0.3) is 0 Å². The van der Waals surface area contributed by atoms with Gasteiger partial charge in [0.05, 0.1) is 0 Å². The van der Waals surface area contributed by atoms with Crippen LogP contribution < -0.4 is 11.1 Å². The van der Waals surface area contributed by atoms with E-state index in [-0.39, 0.29) is 36.2 Å². The van der Waals surface area contributed by atoms with Crippen molar-refractivity contribution in [2.75, 3.05) is 13.1 Å². The normalized spacial score (nSPS) is 20.7. The van der Waals surface area contributed by atoms with Gasteiger partial charge < -0.3 is 16.0 Å². The van der Waals surface area contributed by atoms with Crippen LogP contribution in [0.3, 0.4) is 0 Å².